The summed E-state index contributed by atoms with van der Waals surface area (Å²) in [7, 11) is 0. The number of para-hydroxylation sites is 1. The molecular formula is C37H41N3O8. The normalized spacial score (nSPS) is 11.6. The highest BCUT2D eigenvalue weighted by Crippen LogP contribution is 2.25. The van der Waals surface area contributed by atoms with Gasteiger partial charge in [0.15, 0.2) is 0 Å². The van der Waals surface area contributed by atoms with Crippen molar-refractivity contribution in [2.24, 2.45) is 0 Å². The van der Waals surface area contributed by atoms with E-state index in [0.29, 0.717) is 70.5 Å². The van der Waals surface area contributed by atoms with Gasteiger partial charge in [-0.25, -0.2) is 0 Å². The van der Waals surface area contributed by atoms with E-state index in [0.717, 1.165) is 28.7 Å². The Bertz CT molecular complexity index is 1560. The van der Waals surface area contributed by atoms with Crippen LogP contribution in [-0.4, -0.2) is 90.0 Å². The number of rotatable bonds is 20. The molecule has 3 aromatic rings. The number of hydrogen-bond donors (Lipinski definition) is 2. The number of anilines is 1. The molecule has 0 spiro atoms. The van der Waals surface area contributed by atoms with Crippen LogP contribution in [0.5, 0.6) is 0 Å². The Hall–Kier alpha value is -4.86. The monoisotopic (exact) mass is 655 g/mol. The van der Waals surface area contributed by atoms with Gasteiger partial charge in [-0.15, -0.1) is 0 Å². The van der Waals surface area contributed by atoms with Crippen LogP contribution in [-0.2, 0) is 35.1 Å². The maximum Gasteiger partial charge on any atom is 0.251 e. The van der Waals surface area contributed by atoms with E-state index in [2.05, 4.69) is 22.5 Å². The SMILES string of the molecule is O=Cc1ccc(C(=O)NCCOCCOCCOCCOCCC(=O)NCCC(=O)N2Cc3ccccc3C#Cc3ccccc32)cc1. The van der Waals surface area contributed by atoms with Gasteiger partial charge in [0.25, 0.3) is 5.91 Å². The summed E-state index contributed by atoms with van der Waals surface area (Å²) >= 11 is 0. The first kappa shape index (κ1) is 36.0. The summed E-state index contributed by atoms with van der Waals surface area (Å²) in [6.45, 7) is 3.91. The Morgan fingerprint density at radius 3 is 1.98 bits per heavy atom. The van der Waals surface area contributed by atoms with Gasteiger partial charge in [0.2, 0.25) is 11.8 Å². The zero-order chi connectivity index (χ0) is 33.8. The predicted octanol–water partition coefficient (Wildman–Crippen LogP) is 3.14. The standard InChI is InChI=1S/C37H41N3O8/c41-28-29-9-11-32(12-10-29)37(44)39-18-20-46-22-24-48-26-25-47-23-21-45-19-16-35(42)38-17-15-36(43)40-27-33-7-2-1-5-30(33)13-14-31-6-3-4-8-34(31)40/h1-12,28H,15-27H2,(H,38,42)(H,39,44). The smallest absolute Gasteiger partial charge is 0.251 e. The molecule has 0 radical (unpaired) electrons. The van der Waals surface area contributed by atoms with Crippen molar-refractivity contribution in [3.05, 3.63) is 101 Å². The molecule has 1 aliphatic heterocycles. The van der Waals surface area contributed by atoms with Crippen molar-refractivity contribution in [1.82, 2.24) is 10.6 Å². The lowest BCUT2D eigenvalue weighted by atomic mass is 10.0. The summed E-state index contributed by atoms with van der Waals surface area (Å²) in [6.07, 6.45) is 1.08. The summed E-state index contributed by atoms with van der Waals surface area (Å²) in [6, 6.07) is 21.8. The molecule has 0 fully saturated rings. The number of carbonyl (C=O) groups is 4. The third-order valence-corrected chi connectivity index (χ3v) is 7.26. The van der Waals surface area contributed by atoms with Crippen LogP contribution in [0.3, 0.4) is 0 Å². The first-order valence-corrected chi connectivity index (χ1v) is 16.0. The topological polar surface area (TPSA) is 133 Å². The lowest BCUT2D eigenvalue weighted by molar-refractivity contribution is -0.122. The van der Waals surface area contributed by atoms with Crippen molar-refractivity contribution in [3.63, 3.8) is 0 Å². The van der Waals surface area contributed by atoms with E-state index in [9.17, 15) is 19.2 Å². The second-order valence-corrected chi connectivity index (χ2v) is 10.7. The number of fused-ring (bicyclic) bond motifs is 2. The van der Waals surface area contributed by atoms with Crippen molar-refractivity contribution in [2.75, 3.05) is 70.8 Å². The molecule has 0 saturated heterocycles. The number of nitrogens with zero attached hydrogens (tertiary/aromatic N) is 1. The largest absolute Gasteiger partial charge is 0.379 e. The fourth-order valence-corrected chi connectivity index (χ4v) is 4.72. The molecule has 0 unspecified atom stereocenters. The van der Waals surface area contributed by atoms with E-state index in [-0.39, 0.29) is 43.7 Å². The average molecular weight is 656 g/mol. The highest BCUT2D eigenvalue weighted by atomic mass is 16.6. The Kier molecular flexibility index (Phi) is 15.3. The number of nitrogens with one attached hydrogen (secondary N) is 2. The third kappa shape index (κ3) is 12.1. The first-order chi connectivity index (χ1) is 23.5. The predicted molar refractivity (Wildman–Crippen MR) is 180 cm³/mol. The molecule has 11 heteroatoms. The van der Waals surface area contributed by atoms with Crippen LogP contribution < -0.4 is 15.5 Å². The molecule has 252 valence electrons. The first-order valence-electron chi connectivity index (χ1n) is 16.0. The molecule has 0 saturated carbocycles. The lowest BCUT2D eigenvalue weighted by Gasteiger charge is -2.26. The zero-order valence-corrected chi connectivity index (χ0v) is 26.9. The second kappa shape index (κ2) is 20.4. The van der Waals surface area contributed by atoms with Crippen LogP contribution in [0.4, 0.5) is 5.69 Å². The molecule has 1 aliphatic rings. The van der Waals surface area contributed by atoms with Gasteiger partial charge in [-0.1, -0.05) is 54.3 Å². The summed E-state index contributed by atoms with van der Waals surface area (Å²) < 4.78 is 21.9. The van der Waals surface area contributed by atoms with Gasteiger partial charge in [-0.05, 0) is 35.9 Å². The van der Waals surface area contributed by atoms with Crippen molar-refractivity contribution in [1.29, 1.82) is 0 Å². The van der Waals surface area contributed by atoms with E-state index < -0.39 is 0 Å². The molecule has 0 atom stereocenters. The van der Waals surface area contributed by atoms with Crippen LogP contribution in [0, 0.1) is 11.8 Å². The van der Waals surface area contributed by atoms with Crippen molar-refractivity contribution in [3.8, 4) is 11.8 Å². The van der Waals surface area contributed by atoms with Crippen molar-refractivity contribution in [2.45, 2.75) is 19.4 Å². The number of benzene rings is 3. The second-order valence-electron chi connectivity index (χ2n) is 10.7. The third-order valence-electron chi connectivity index (χ3n) is 7.26. The van der Waals surface area contributed by atoms with Crippen LogP contribution in [0.25, 0.3) is 0 Å². The van der Waals surface area contributed by atoms with Gasteiger partial charge in [0.1, 0.15) is 6.29 Å². The molecule has 3 aromatic carbocycles. The molecule has 48 heavy (non-hydrogen) atoms. The van der Waals surface area contributed by atoms with E-state index in [1.54, 1.807) is 29.2 Å². The molecule has 3 amide bonds. The fraction of sp³-hybridized carbons (Fsp3) is 0.351. The minimum Gasteiger partial charge on any atom is -0.379 e. The van der Waals surface area contributed by atoms with E-state index in [1.807, 2.05) is 48.5 Å². The van der Waals surface area contributed by atoms with E-state index >= 15 is 0 Å². The molecule has 0 aromatic heterocycles. The lowest BCUT2D eigenvalue weighted by Crippen LogP contribution is -2.35. The maximum absolute atomic E-state index is 13.2. The number of ether oxygens (including phenoxy) is 4. The van der Waals surface area contributed by atoms with Crippen molar-refractivity contribution >= 4 is 29.7 Å². The Morgan fingerprint density at radius 2 is 1.27 bits per heavy atom. The Morgan fingerprint density at radius 1 is 0.667 bits per heavy atom. The number of hydrogen-bond acceptors (Lipinski definition) is 8. The average Bonchev–Trinajstić information content (AvgIpc) is 3.10. The molecule has 2 N–H and O–H groups in total. The minimum atomic E-state index is -0.227. The molecule has 11 nitrogen and oxygen atoms in total. The van der Waals surface area contributed by atoms with Gasteiger partial charge in [-0.3, -0.25) is 19.2 Å². The van der Waals surface area contributed by atoms with Gasteiger partial charge in [-0.2, -0.15) is 0 Å². The maximum atomic E-state index is 13.2. The molecule has 0 aliphatic carbocycles. The van der Waals surface area contributed by atoms with Gasteiger partial charge < -0.3 is 34.5 Å². The number of carbonyl (C=O) groups excluding carboxylic acids is 4. The summed E-state index contributed by atoms with van der Waals surface area (Å²) in [5.41, 5.74) is 4.44. The van der Waals surface area contributed by atoms with Gasteiger partial charge >= 0.3 is 0 Å². The highest BCUT2D eigenvalue weighted by molar-refractivity contribution is 5.96. The van der Waals surface area contributed by atoms with E-state index in [1.165, 1.54) is 0 Å². The van der Waals surface area contributed by atoms with Crippen LogP contribution >= 0.6 is 0 Å². The van der Waals surface area contributed by atoms with Gasteiger partial charge in [0.05, 0.1) is 65.1 Å². The number of aldehydes is 1. The Labute approximate surface area is 280 Å². The summed E-state index contributed by atoms with van der Waals surface area (Å²) in [5.74, 6) is 5.90. The van der Waals surface area contributed by atoms with Crippen LogP contribution in [0.2, 0.25) is 0 Å². The van der Waals surface area contributed by atoms with Crippen LogP contribution in [0.15, 0.2) is 72.8 Å². The van der Waals surface area contributed by atoms with Gasteiger partial charge in [0, 0.05) is 48.2 Å². The highest BCUT2D eigenvalue weighted by Gasteiger charge is 2.21. The van der Waals surface area contributed by atoms with Crippen LogP contribution in [0.1, 0.15) is 50.2 Å². The zero-order valence-electron chi connectivity index (χ0n) is 26.9. The summed E-state index contributed by atoms with van der Waals surface area (Å²) in [4.78, 5) is 50.0. The molecule has 1 heterocycles. The molecule has 0 bridgehead atoms. The molecule has 4 rings (SSSR count). The van der Waals surface area contributed by atoms with E-state index in [4.69, 9.17) is 18.9 Å². The molecular weight excluding hydrogens is 614 g/mol. The van der Waals surface area contributed by atoms with Crippen molar-refractivity contribution < 1.29 is 38.1 Å². The Balaban J connectivity index is 0.966. The number of amides is 3. The quantitative estimate of drug-likeness (QED) is 0.108. The summed E-state index contributed by atoms with van der Waals surface area (Å²) in [5, 5.41) is 5.56. The fourth-order valence-electron chi connectivity index (χ4n) is 4.72. The minimum absolute atomic E-state index is 0.0900.